The van der Waals surface area contributed by atoms with Gasteiger partial charge in [-0.15, -0.1) is 10.2 Å². The van der Waals surface area contributed by atoms with Crippen LogP contribution in [0.3, 0.4) is 0 Å². The number of carbonyl (C=O) groups is 1. The zero-order valence-electron chi connectivity index (χ0n) is 12.2. The molecule has 22 heavy (non-hydrogen) atoms. The maximum Gasteiger partial charge on any atom is 0.253 e. The Kier molecular flexibility index (Phi) is 5.07. The van der Waals surface area contributed by atoms with Crippen LogP contribution in [0, 0.1) is 5.92 Å². The molecule has 0 saturated heterocycles. The second kappa shape index (κ2) is 7.21. The average Bonchev–Trinajstić information content (AvgIpc) is 3.22. The Balaban J connectivity index is 1.62. The molecule has 116 valence electrons. The van der Waals surface area contributed by atoms with Crippen molar-refractivity contribution in [2.45, 2.75) is 35.1 Å². The van der Waals surface area contributed by atoms with Crippen LogP contribution in [-0.4, -0.2) is 28.8 Å². The summed E-state index contributed by atoms with van der Waals surface area (Å²) in [5, 5.41) is 10.8. The van der Waals surface area contributed by atoms with E-state index in [0.29, 0.717) is 12.5 Å². The lowest BCUT2D eigenvalue weighted by atomic mass is 10.3. The quantitative estimate of drug-likeness (QED) is 0.839. The smallest absolute Gasteiger partial charge is 0.253 e. The van der Waals surface area contributed by atoms with E-state index in [-0.39, 0.29) is 5.91 Å². The second-order valence-corrected chi connectivity index (χ2v) is 7.33. The average molecular weight is 335 g/mol. The van der Waals surface area contributed by atoms with Crippen LogP contribution in [0.4, 0.5) is 5.69 Å². The van der Waals surface area contributed by atoms with Crippen molar-refractivity contribution < 1.29 is 9.53 Å². The summed E-state index contributed by atoms with van der Waals surface area (Å²) in [7, 11) is 0. The molecule has 1 heterocycles. The van der Waals surface area contributed by atoms with E-state index in [4.69, 9.17) is 4.74 Å². The van der Waals surface area contributed by atoms with E-state index in [1.807, 2.05) is 24.3 Å². The third kappa shape index (κ3) is 4.28. The molecule has 1 amide bonds. The molecule has 5 nitrogen and oxygen atoms in total. The van der Waals surface area contributed by atoms with Gasteiger partial charge in [-0.2, -0.15) is 0 Å². The van der Waals surface area contributed by atoms with Crippen LogP contribution in [0.1, 0.15) is 19.8 Å². The number of hydrogen-bond donors (Lipinski definition) is 1. The second-order valence-electron chi connectivity index (χ2n) is 5.21. The summed E-state index contributed by atoms with van der Waals surface area (Å²) < 4.78 is 6.45. The number of carbonyl (C=O) groups excluding carboxylic acids is 1. The minimum absolute atomic E-state index is 0.119. The molecule has 1 N–H and O–H groups in total. The number of ether oxygens (including phenoxy) is 1. The normalized spacial score (nSPS) is 15.5. The van der Waals surface area contributed by atoms with Gasteiger partial charge in [0.25, 0.3) is 5.91 Å². The highest BCUT2D eigenvalue weighted by Gasteiger charge is 2.24. The first-order chi connectivity index (χ1) is 10.7. The maximum atomic E-state index is 12.2. The Labute approximate surface area is 137 Å². The van der Waals surface area contributed by atoms with Gasteiger partial charge in [-0.1, -0.05) is 35.2 Å². The van der Waals surface area contributed by atoms with Gasteiger partial charge in [-0.05, 0) is 37.8 Å². The van der Waals surface area contributed by atoms with Gasteiger partial charge in [0.15, 0.2) is 4.34 Å². The fourth-order valence-electron chi connectivity index (χ4n) is 1.84. The third-order valence-electron chi connectivity index (χ3n) is 3.33. The molecule has 0 spiro atoms. The number of nitrogens with zero attached hydrogens (tertiary/aromatic N) is 2. The van der Waals surface area contributed by atoms with E-state index in [0.717, 1.165) is 14.9 Å². The van der Waals surface area contributed by atoms with E-state index < -0.39 is 6.10 Å². The lowest BCUT2D eigenvalue weighted by Gasteiger charge is -2.14. The number of hydrogen-bond acceptors (Lipinski definition) is 6. The number of anilines is 1. The first-order valence-electron chi connectivity index (χ1n) is 7.18. The number of nitrogens with one attached hydrogen (secondary N) is 1. The molecule has 1 atom stereocenters. The van der Waals surface area contributed by atoms with Gasteiger partial charge in [0.1, 0.15) is 11.6 Å². The Morgan fingerprint density at radius 2 is 2.32 bits per heavy atom. The highest BCUT2D eigenvalue weighted by molar-refractivity contribution is 8.01. The van der Waals surface area contributed by atoms with Gasteiger partial charge < -0.3 is 10.1 Å². The standard InChI is InChI=1S/C15H17N3O2S2/c1-10(20-8-11-6-7-11)14(19)17-12-4-2-3-5-13(12)22-15-18-16-9-21-15/h2-5,9-11H,6-8H2,1H3,(H,17,19)/t10-/m1/s1. The van der Waals surface area contributed by atoms with Crippen molar-refractivity contribution >= 4 is 34.7 Å². The van der Waals surface area contributed by atoms with E-state index in [2.05, 4.69) is 15.5 Å². The molecule has 1 saturated carbocycles. The summed E-state index contributed by atoms with van der Waals surface area (Å²) in [6.07, 6.45) is 1.99. The predicted molar refractivity (Wildman–Crippen MR) is 87.2 cm³/mol. The van der Waals surface area contributed by atoms with Crippen LogP contribution in [0.5, 0.6) is 0 Å². The molecule has 7 heteroatoms. The molecule has 0 radical (unpaired) electrons. The zero-order valence-corrected chi connectivity index (χ0v) is 13.8. The summed E-state index contributed by atoms with van der Waals surface area (Å²) in [5.74, 6) is 0.529. The van der Waals surface area contributed by atoms with Crippen molar-refractivity contribution in [2.24, 2.45) is 5.92 Å². The number of benzene rings is 1. The summed E-state index contributed by atoms with van der Waals surface area (Å²) in [6.45, 7) is 2.47. The highest BCUT2D eigenvalue weighted by atomic mass is 32.2. The lowest BCUT2D eigenvalue weighted by Crippen LogP contribution is -2.28. The van der Waals surface area contributed by atoms with Crippen LogP contribution in [0.15, 0.2) is 39.0 Å². The maximum absolute atomic E-state index is 12.2. The topological polar surface area (TPSA) is 64.1 Å². The van der Waals surface area contributed by atoms with Gasteiger partial charge in [0, 0.05) is 4.90 Å². The van der Waals surface area contributed by atoms with Gasteiger partial charge in [-0.25, -0.2) is 0 Å². The van der Waals surface area contributed by atoms with E-state index >= 15 is 0 Å². The van der Waals surface area contributed by atoms with Crippen LogP contribution in [-0.2, 0) is 9.53 Å². The Morgan fingerprint density at radius 1 is 1.50 bits per heavy atom. The molecule has 2 aromatic rings. The fourth-order valence-corrected chi connectivity index (χ4v) is 3.36. The SMILES string of the molecule is C[C@@H](OCC1CC1)C(=O)Nc1ccccc1Sc1nncs1. The van der Waals surface area contributed by atoms with Gasteiger partial charge >= 0.3 is 0 Å². The summed E-state index contributed by atoms with van der Waals surface area (Å²) in [4.78, 5) is 13.2. The number of para-hydroxylation sites is 1. The molecule has 0 unspecified atom stereocenters. The van der Waals surface area contributed by atoms with Crippen LogP contribution in [0.25, 0.3) is 0 Å². The molecule has 1 aliphatic carbocycles. The van der Waals surface area contributed by atoms with Gasteiger partial charge in [0.05, 0.1) is 12.3 Å². The first kappa shape index (κ1) is 15.5. The van der Waals surface area contributed by atoms with Crippen LogP contribution < -0.4 is 5.32 Å². The van der Waals surface area contributed by atoms with E-state index in [1.54, 1.807) is 12.4 Å². The van der Waals surface area contributed by atoms with Crippen molar-refractivity contribution in [1.82, 2.24) is 10.2 Å². The molecular formula is C15H17N3O2S2. The summed E-state index contributed by atoms with van der Waals surface area (Å²) in [5.41, 5.74) is 2.46. The van der Waals surface area contributed by atoms with Crippen molar-refractivity contribution in [3.63, 3.8) is 0 Å². The first-order valence-corrected chi connectivity index (χ1v) is 8.87. The Morgan fingerprint density at radius 3 is 3.05 bits per heavy atom. The zero-order chi connectivity index (χ0) is 15.4. The number of amides is 1. The monoisotopic (exact) mass is 335 g/mol. The number of aromatic nitrogens is 2. The summed E-state index contributed by atoms with van der Waals surface area (Å²) in [6, 6.07) is 7.67. The minimum Gasteiger partial charge on any atom is -0.368 e. The van der Waals surface area contributed by atoms with Crippen molar-refractivity contribution in [3.05, 3.63) is 29.8 Å². The number of rotatable bonds is 7. The van der Waals surface area contributed by atoms with Gasteiger partial charge in [-0.3, -0.25) is 4.79 Å². The molecule has 1 aromatic heterocycles. The fraction of sp³-hybridized carbons (Fsp3) is 0.400. The van der Waals surface area contributed by atoms with Crippen LogP contribution >= 0.6 is 23.1 Å². The van der Waals surface area contributed by atoms with Crippen LogP contribution in [0.2, 0.25) is 0 Å². The summed E-state index contributed by atoms with van der Waals surface area (Å²) >= 11 is 2.97. The molecule has 1 aliphatic rings. The highest BCUT2D eigenvalue weighted by Crippen LogP contribution is 2.34. The van der Waals surface area contributed by atoms with E-state index in [9.17, 15) is 4.79 Å². The molecular weight excluding hydrogens is 318 g/mol. The minimum atomic E-state index is -0.444. The molecule has 1 fully saturated rings. The largest absolute Gasteiger partial charge is 0.368 e. The van der Waals surface area contributed by atoms with Crippen molar-refractivity contribution in [1.29, 1.82) is 0 Å². The van der Waals surface area contributed by atoms with E-state index in [1.165, 1.54) is 35.9 Å². The Bertz CT molecular complexity index is 629. The Hall–Kier alpha value is -1.44. The van der Waals surface area contributed by atoms with Gasteiger partial charge in [0.2, 0.25) is 0 Å². The van der Waals surface area contributed by atoms with Crippen molar-refractivity contribution in [2.75, 3.05) is 11.9 Å². The lowest BCUT2D eigenvalue weighted by molar-refractivity contribution is -0.126. The molecule has 0 aliphatic heterocycles. The third-order valence-corrected chi connectivity index (χ3v) is 5.18. The molecule has 1 aromatic carbocycles. The predicted octanol–water partition coefficient (Wildman–Crippen LogP) is 3.44. The molecule has 0 bridgehead atoms. The molecule has 3 rings (SSSR count). The van der Waals surface area contributed by atoms with Crippen molar-refractivity contribution in [3.8, 4) is 0 Å².